The number of aromatic nitrogens is 1. The van der Waals surface area contributed by atoms with Gasteiger partial charge in [0.1, 0.15) is 0 Å². The number of nitrogens with zero attached hydrogens (tertiary/aromatic N) is 1. The molecule has 1 amide bonds. The second kappa shape index (κ2) is 7.83. The van der Waals surface area contributed by atoms with Crippen molar-refractivity contribution in [2.45, 2.75) is 32.2 Å². The molecule has 0 saturated carbocycles. The Kier molecular flexibility index (Phi) is 4.88. The molecular formula is C27H26N2O. The maximum Gasteiger partial charge on any atom is 0.223 e. The van der Waals surface area contributed by atoms with Crippen LogP contribution in [0.1, 0.15) is 40.2 Å². The zero-order valence-electron chi connectivity index (χ0n) is 17.3. The number of para-hydroxylation sites is 1. The molecule has 1 unspecified atom stereocenters. The minimum Gasteiger partial charge on any atom is -0.361 e. The number of carbonyl (C=O) groups excluding carboxylic acids is 1. The van der Waals surface area contributed by atoms with E-state index in [0.29, 0.717) is 13.0 Å². The standard InChI is InChI=1S/C27H26N2O/c1-19-10-12-21(13-11-19)24(25-17-28-26-9-5-4-8-23(25)26)16-27(30)29-15-14-20-6-2-3-7-22(20)18-29/h2-13,17,24,28H,14-16,18H2,1H3. The summed E-state index contributed by atoms with van der Waals surface area (Å²) >= 11 is 0. The lowest BCUT2D eigenvalue weighted by Crippen LogP contribution is -2.36. The van der Waals surface area contributed by atoms with E-state index in [9.17, 15) is 4.79 Å². The Balaban J connectivity index is 1.47. The molecule has 3 nitrogen and oxygen atoms in total. The Morgan fingerprint density at radius 1 is 0.967 bits per heavy atom. The third kappa shape index (κ3) is 3.52. The maximum absolute atomic E-state index is 13.4. The number of hydrogen-bond acceptors (Lipinski definition) is 1. The predicted octanol–water partition coefficient (Wildman–Crippen LogP) is 5.58. The molecule has 1 N–H and O–H groups in total. The lowest BCUT2D eigenvalue weighted by Gasteiger charge is -2.30. The SMILES string of the molecule is Cc1ccc(C(CC(=O)N2CCc3ccccc3C2)c2c[nH]c3ccccc23)cc1. The highest BCUT2D eigenvalue weighted by molar-refractivity contribution is 5.86. The van der Waals surface area contributed by atoms with Gasteiger partial charge in [0, 0.05) is 42.5 Å². The Labute approximate surface area is 177 Å². The van der Waals surface area contributed by atoms with E-state index < -0.39 is 0 Å². The molecule has 30 heavy (non-hydrogen) atoms. The average Bonchev–Trinajstić information content (AvgIpc) is 3.21. The Morgan fingerprint density at radius 3 is 2.53 bits per heavy atom. The van der Waals surface area contributed by atoms with Gasteiger partial charge in [0.25, 0.3) is 0 Å². The molecule has 2 heterocycles. The topological polar surface area (TPSA) is 36.1 Å². The molecule has 1 atom stereocenters. The van der Waals surface area contributed by atoms with Crippen molar-refractivity contribution in [2.24, 2.45) is 0 Å². The molecule has 0 fully saturated rings. The van der Waals surface area contributed by atoms with Crippen LogP contribution in [0.4, 0.5) is 0 Å². The first-order valence-corrected chi connectivity index (χ1v) is 10.7. The molecule has 0 aliphatic carbocycles. The fourth-order valence-corrected chi connectivity index (χ4v) is 4.60. The van der Waals surface area contributed by atoms with Crippen molar-refractivity contribution in [3.63, 3.8) is 0 Å². The van der Waals surface area contributed by atoms with Crippen LogP contribution < -0.4 is 0 Å². The minimum absolute atomic E-state index is 0.0337. The normalized spacial score (nSPS) is 14.5. The van der Waals surface area contributed by atoms with Crippen LogP contribution in [0.2, 0.25) is 0 Å². The van der Waals surface area contributed by atoms with E-state index >= 15 is 0 Å². The summed E-state index contributed by atoms with van der Waals surface area (Å²) in [5.41, 5.74) is 7.38. The van der Waals surface area contributed by atoms with Crippen LogP contribution in [0.5, 0.6) is 0 Å². The van der Waals surface area contributed by atoms with Crippen LogP contribution >= 0.6 is 0 Å². The van der Waals surface area contributed by atoms with Crippen LogP contribution in [-0.2, 0) is 17.8 Å². The van der Waals surface area contributed by atoms with Crippen molar-refractivity contribution in [3.05, 3.63) is 107 Å². The van der Waals surface area contributed by atoms with Gasteiger partial charge in [-0.3, -0.25) is 4.79 Å². The Hall–Kier alpha value is -3.33. The quantitative estimate of drug-likeness (QED) is 0.482. The van der Waals surface area contributed by atoms with Crippen molar-refractivity contribution in [3.8, 4) is 0 Å². The van der Waals surface area contributed by atoms with E-state index in [4.69, 9.17) is 0 Å². The highest BCUT2D eigenvalue weighted by Crippen LogP contribution is 2.34. The van der Waals surface area contributed by atoms with Gasteiger partial charge >= 0.3 is 0 Å². The van der Waals surface area contributed by atoms with Gasteiger partial charge in [-0.2, -0.15) is 0 Å². The zero-order chi connectivity index (χ0) is 20.5. The molecule has 4 aromatic rings. The molecule has 0 bridgehead atoms. The highest BCUT2D eigenvalue weighted by atomic mass is 16.2. The van der Waals surface area contributed by atoms with Crippen LogP contribution in [0.3, 0.4) is 0 Å². The third-order valence-electron chi connectivity index (χ3n) is 6.34. The molecular weight excluding hydrogens is 368 g/mol. The lowest BCUT2D eigenvalue weighted by molar-refractivity contribution is -0.132. The number of amides is 1. The van der Waals surface area contributed by atoms with Gasteiger partial charge in [0.2, 0.25) is 5.91 Å². The summed E-state index contributed by atoms with van der Waals surface area (Å²) in [6.07, 6.45) is 3.49. The molecule has 0 spiro atoms. The summed E-state index contributed by atoms with van der Waals surface area (Å²) in [6.45, 7) is 3.61. The Morgan fingerprint density at radius 2 is 1.70 bits per heavy atom. The van der Waals surface area contributed by atoms with Crippen LogP contribution in [0.15, 0.2) is 79.0 Å². The van der Waals surface area contributed by atoms with Crippen molar-refractivity contribution < 1.29 is 4.79 Å². The van der Waals surface area contributed by atoms with E-state index in [1.807, 2.05) is 11.0 Å². The van der Waals surface area contributed by atoms with Crippen LogP contribution in [0, 0.1) is 6.92 Å². The van der Waals surface area contributed by atoms with Crippen LogP contribution in [-0.4, -0.2) is 22.3 Å². The zero-order valence-corrected chi connectivity index (χ0v) is 17.3. The summed E-state index contributed by atoms with van der Waals surface area (Å²) in [6, 6.07) is 25.4. The number of hydrogen-bond donors (Lipinski definition) is 1. The number of benzene rings is 3. The van der Waals surface area contributed by atoms with E-state index in [-0.39, 0.29) is 11.8 Å². The molecule has 0 saturated heterocycles. The smallest absolute Gasteiger partial charge is 0.223 e. The monoisotopic (exact) mass is 394 g/mol. The summed E-state index contributed by atoms with van der Waals surface area (Å²) in [7, 11) is 0. The summed E-state index contributed by atoms with van der Waals surface area (Å²) < 4.78 is 0. The van der Waals surface area contributed by atoms with Crippen molar-refractivity contribution in [1.29, 1.82) is 0 Å². The first-order valence-electron chi connectivity index (χ1n) is 10.7. The Bertz CT molecular complexity index is 1190. The van der Waals surface area contributed by atoms with Gasteiger partial charge in [0.05, 0.1) is 0 Å². The summed E-state index contributed by atoms with van der Waals surface area (Å²) in [4.78, 5) is 18.8. The number of rotatable bonds is 4. The fourth-order valence-electron chi connectivity index (χ4n) is 4.60. The first kappa shape index (κ1) is 18.7. The molecule has 0 radical (unpaired) electrons. The second-order valence-electron chi connectivity index (χ2n) is 8.29. The van der Waals surface area contributed by atoms with Gasteiger partial charge in [-0.25, -0.2) is 0 Å². The summed E-state index contributed by atoms with van der Waals surface area (Å²) in [5, 5.41) is 1.19. The third-order valence-corrected chi connectivity index (χ3v) is 6.34. The average molecular weight is 395 g/mol. The van der Waals surface area contributed by atoms with Crippen molar-refractivity contribution in [2.75, 3.05) is 6.54 Å². The highest BCUT2D eigenvalue weighted by Gasteiger charge is 2.26. The predicted molar refractivity (Wildman–Crippen MR) is 122 cm³/mol. The van der Waals surface area contributed by atoms with Crippen LogP contribution in [0.25, 0.3) is 10.9 Å². The van der Waals surface area contributed by atoms with E-state index in [1.54, 1.807) is 0 Å². The van der Waals surface area contributed by atoms with Gasteiger partial charge in [-0.15, -0.1) is 0 Å². The molecule has 3 aromatic carbocycles. The van der Waals surface area contributed by atoms with Crippen molar-refractivity contribution >= 4 is 16.8 Å². The number of fused-ring (bicyclic) bond motifs is 2. The summed E-state index contributed by atoms with van der Waals surface area (Å²) in [5.74, 6) is 0.256. The maximum atomic E-state index is 13.4. The first-order chi connectivity index (χ1) is 14.7. The van der Waals surface area contributed by atoms with E-state index in [0.717, 1.165) is 18.5 Å². The largest absolute Gasteiger partial charge is 0.361 e. The fraction of sp³-hybridized carbons (Fsp3) is 0.222. The number of carbonyl (C=O) groups is 1. The molecule has 1 aliphatic heterocycles. The number of aryl methyl sites for hydroxylation is 1. The van der Waals surface area contributed by atoms with E-state index in [2.05, 4.69) is 84.8 Å². The molecule has 150 valence electrons. The number of nitrogens with one attached hydrogen (secondary N) is 1. The number of aromatic amines is 1. The molecule has 3 heteroatoms. The van der Waals surface area contributed by atoms with E-state index in [1.165, 1.54) is 33.2 Å². The number of H-pyrrole nitrogens is 1. The lowest BCUT2D eigenvalue weighted by atomic mass is 9.87. The molecule has 1 aromatic heterocycles. The second-order valence-corrected chi connectivity index (χ2v) is 8.29. The van der Waals surface area contributed by atoms with Gasteiger partial charge in [-0.05, 0) is 41.7 Å². The van der Waals surface area contributed by atoms with Crippen molar-refractivity contribution in [1.82, 2.24) is 9.88 Å². The van der Waals surface area contributed by atoms with Gasteiger partial charge in [0.15, 0.2) is 0 Å². The minimum atomic E-state index is 0.0337. The molecule has 1 aliphatic rings. The van der Waals surface area contributed by atoms with Gasteiger partial charge in [-0.1, -0.05) is 72.3 Å². The molecule has 5 rings (SSSR count). The van der Waals surface area contributed by atoms with Gasteiger partial charge < -0.3 is 9.88 Å².